The highest BCUT2D eigenvalue weighted by Crippen LogP contribution is 2.15. The second-order valence-corrected chi connectivity index (χ2v) is 4.86. The number of benzene rings is 1. The molecule has 0 saturated carbocycles. The number of rotatable bonds is 4. The maximum atomic E-state index is 11.8. The summed E-state index contributed by atoms with van der Waals surface area (Å²) in [6.07, 6.45) is 4.95. The standard InChI is InChI=1S/C15H13BrN2O2/c1-11-8-9-12(20-11)5-4-10-17-18-15(19)13-6-2-3-7-14(13)16/h2-10H,1H3,(H,18,19)/b5-4+,17-10+. The number of allylic oxidation sites excluding steroid dienone is 1. The zero-order valence-electron chi connectivity index (χ0n) is 10.8. The molecule has 2 aromatic rings. The molecule has 0 atom stereocenters. The Hall–Kier alpha value is -2.14. The summed E-state index contributed by atoms with van der Waals surface area (Å²) >= 11 is 3.31. The molecule has 0 aliphatic carbocycles. The normalized spacial score (nSPS) is 11.3. The Morgan fingerprint density at radius 1 is 1.30 bits per heavy atom. The Morgan fingerprint density at radius 3 is 2.80 bits per heavy atom. The smallest absolute Gasteiger partial charge is 0.272 e. The van der Waals surface area contributed by atoms with E-state index in [9.17, 15) is 4.79 Å². The Bertz CT molecular complexity index is 659. The number of amides is 1. The Balaban J connectivity index is 1.89. The number of hydrazone groups is 1. The van der Waals surface area contributed by atoms with Crippen LogP contribution in [0.4, 0.5) is 0 Å². The number of hydrogen-bond donors (Lipinski definition) is 1. The van der Waals surface area contributed by atoms with Crippen molar-refractivity contribution >= 4 is 34.1 Å². The number of carbonyl (C=O) groups is 1. The van der Waals surface area contributed by atoms with Gasteiger partial charge in [0.1, 0.15) is 11.5 Å². The van der Waals surface area contributed by atoms with Gasteiger partial charge in [-0.2, -0.15) is 5.10 Å². The van der Waals surface area contributed by atoms with Crippen molar-refractivity contribution in [1.29, 1.82) is 0 Å². The molecule has 0 unspecified atom stereocenters. The summed E-state index contributed by atoms with van der Waals surface area (Å²) in [5, 5.41) is 3.84. The van der Waals surface area contributed by atoms with E-state index in [1.165, 1.54) is 6.21 Å². The van der Waals surface area contributed by atoms with E-state index >= 15 is 0 Å². The zero-order valence-corrected chi connectivity index (χ0v) is 12.4. The van der Waals surface area contributed by atoms with E-state index in [1.807, 2.05) is 25.1 Å². The van der Waals surface area contributed by atoms with Crippen molar-refractivity contribution in [1.82, 2.24) is 5.43 Å². The number of furan rings is 1. The summed E-state index contributed by atoms with van der Waals surface area (Å²) in [5.74, 6) is 1.32. The highest BCUT2D eigenvalue weighted by atomic mass is 79.9. The molecule has 1 amide bonds. The van der Waals surface area contributed by atoms with Gasteiger partial charge in [-0.05, 0) is 59.3 Å². The van der Waals surface area contributed by atoms with E-state index in [1.54, 1.807) is 30.4 Å². The summed E-state index contributed by atoms with van der Waals surface area (Å²) in [4.78, 5) is 11.8. The van der Waals surface area contributed by atoms with Gasteiger partial charge in [0.25, 0.3) is 5.91 Å². The molecule has 1 N–H and O–H groups in total. The van der Waals surface area contributed by atoms with Gasteiger partial charge in [0, 0.05) is 10.7 Å². The van der Waals surface area contributed by atoms with E-state index in [-0.39, 0.29) is 5.91 Å². The third kappa shape index (κ3) is 3.93. The molecular weight excluding hydrogens is 320 g/mol. The Labute approximate surface area is 125 Å². The molecule has 1 aromatic heterocycles. The minimum atomic E-state index is -0.268. The van der Waals surface area contributed by atoms with Gasteiger partial charge >= 0.3 is 0 Å². The van der Waals surface area contributed by atoms with E-state index in [0.29, 0.717) is 5.56 Å². The van der Waals surface area contributed by atoms with Crippen LogP contribution in [0.5, 0.6) is 0 Å². The van der Waals surface area contributed by atoms with Gasteiger partial charge in [0.2, 0.25) is 0 Å². The minimum Gasteiger partial charge on any atom is -0.462 e. The summed E-state index contributed by atoms with van der Waals surface area (Å²) in [7, 11) is 0. The van der Waals surface area contributed by atoms with Crippen LogP contribution in [0.3, 0.4) is 0 Å². The van der Waals surface area contributed by atoms with Gasteiger partial charge in [-0.1, -0.05) is 12.1 Å². The topological polar surface area (TPSA) is 54.6 Å². The van der Waals surface area contributed by atoms with Crippen LogP contribution >= 0.6 is 15.9 Å². The van der Waals surface area contributed by atoms with E-state index in [4.69, 9.17) is 4.42 Å². The molecule has 2 rings (SSSR count). The fourth-order valence-electron chi connectivity index (χ4n) is 1.53. The van der Waals surface area contributed by atoms with Crippen LogP contribution in [0.1, 0.15) is 21.9 Å². The van der Waals surface area contributed by atoms with Crippen molar-refractivity contribution < 1.29 is 9.21 Å². The first kappa shape index (κ1) is 14.3. The van der Waals surface area contributed by atoms with Gasteiger partial charge in [0.05, 0.1) is 5.56 Å². The van der Waals surface area contributed by atoms with E-state index in [0.717, 1.165) is 16.0 Å². The van der Waals surface area contributed by atoms with Gasteiger partial charge in [-0.25, -0.2) is 5.43 Å². The first-order chi connectivity index (χ1) is 9.66. The molecule has 102 valence electrons. The van der Waals surface area contributed by atoms with Crippen LogP contribution < -0.4 is 5.43 Å². The number of aryl methyl sites for hydroxylation is 1. The largest absolute Gasteiger partial charge is 0.462 e. The monoisotopic (exact) mass is 332 g/mol. The quantitative estimate of drug-likeness (QED) is 0.684. The van der Waals surface area contributed by atoms with Crippen molar-refractivity contribution in [2.45, 2.75) is 6.92 Å². The van der Waals surface area contributed by atoms with Gasteiger partial charge < -0.3 is 4.42 Å². The van der Waals surface area contributed by atoms with Crippen LogP contribution in [-0.4, -0.2) is 12.1 Å². The molecule has 1 heterocycles. The lowest BCUT2D eigenvalue weighted by molar-refractivity contribution is 0.0954. The van der Waals surface area contributed by atoms with Crippen molar-refractivity contribution in [2.75, 3.05) is 0 Å². The molecule has 4 nitrogen and oxygen atoms in total. The number of halogens is 1. The number of nitrogens with zero attached hydrogens (tertiary/aromatic N) is 1. The maximum Gasteiger partial charge on any atom is 0.272 e. The van der Waals surface area contributed by atoms with Gasteiger partial charge in [-0.3, -0.25) is 4.79 Å². The number of hydrogen-bond acceptors (Lipinski definition) is 3. The predicted molar refractivity (Wildman–Crippen MR) is 82.6 cm³/mol. The van der Waals surface area contributed by atoms with Crippen molar-refractivity contribution in [2.24, 2.45) is 5.10 Å². The number of carbonyl (C=O) groups excluding carboxylic acids is 1. The van der Waals surface area contributed by atoms with Crippen LogP contribution in [0.25, 0.3) is 6.08 Å². The molecule has 1 aromatic carbocycles. The Kier molecular flexibility index (Phi) is 4.90. The van der Waals surface area contributed by atoms with E-state index < -0.39 is 0 Å². The second-order valence-electron chi connectivity index (χ2n) is 4.01. The van der Waals surface area contributed by atoms with Crippen LogP contribution in [-0.2, 0) is 0 Å². The van der Waals surface area contributed by atoms with Crippen molar-refractivity contribution in [3.63, 3.8) is 0 Å². The average Bonchev–Trinajstić information content (AvgIpc) is 2.84. The fourth-order valence-corrected chi connectivity index (χ4v) is 1.99. The molecule has 0 saturated heterocycles. The Morgan fingerprint density at radius 2 is 2.10 bits per heavy atom. The average molecular weight is 333 g/mol. The second kappa shape index (κ2) is 6.86. The van der Waals surface area contributed by atoms with Gasteiger partial charge in [0.15, 0.2) is 0 Å². The van der Waals surface area contributed by atoms with Crippen molar-refractivity contribution in [3.05, 3.63) is 64.0 Å². The van der Waals surface area contributed by atoms with Gasteiger partial charge in [-0.15, -0.1) is 0 Å². The first-order valence-electron chi connectivity index (χ1n) is 5.98. The zero-order chi connectivity index (χ0) is 14.4. The molecule has 0 aliphatic heterocycles. The minimum absolute atomic E-state index is 0.268. The molecule has 5 heteroatoms. The third-order valence-corrected chi connectivity index (χ3v) is 3.16. The highest BCUT2D eigenvalue weighted by Gasteiger charge is 2.06. The lowest BCUT2D eigenvalue weighted by Crippen LogP contribution is -2.17. The molecule has 0 spiro atoms. The summed E-state index contributed by atoms with van der Waals surface area (Å²) in [6, 6.07) is 10.9. The van der Waals surface area contributed by atoms with E-state index in [2.05, 4.69) is 26.5 Å². The summed E-state index contributed by atoms with van der Waals surface area (Å²) in [5.41, 5.74) is 2.99. The lowest BCUT2D eigenvalue weighted by atomic mass is 10.2. The van der Waals surface area contributed by atoms with Crippen LogP contribution in [0.2, 0.25) is 0 Å². The molecule has 0 bridgehead atoms. The van der Waals surface area contributed by atoms with Crippen LogP contribution in [0, 0.1) is 6.92 Å². The number of nitrogens with one attached hydrogen (secondary N) is 1. The highest BCUT2D eigenvalue weighted by molar-refractivity contribution is 9.10. The molecular formula is C15H13BrN2O2. The molecule has 0 aliphatic rings. The molecule has 20 heavy (non-hydrogen) atoms. The maximum absolute atomic E-state index is 11.8. The lowest BCUT2D eigenvalue weighted by Gasteiger charge is -2.01. The fraction of sp³-hybridized carbons (Fsp3) is 0.0667. The summed E-state index contributed by atoms with van der Waals surface area (Å²) in [6.45, 7) is 1.88. The van der Waals surface area contributed by atoms with Crippen molar-refractivity contribution in [3.8, 4) is 0 Å². The SMILES string of the molecule is Cc1ccc(/C=C/C=N/NC(=O)c2ccccc2Br)o1. The predicted octanol–water partition coefficient (Wildman–Crippen LogP) is 3.78. The summed E-state index contributed by atoms with van der Waals surface area (Å²) < 4.78 is 6.09. The molecule has 0 radical (unpaired) electrons. The van der Waals surface area contributed by atoms with Crippen LogP contribution in [0.15, 0.2) is 56.5 Å². The third-order valence-electron chi connectivity index (χ3n) is 2.47. The molecule has 0 fully saturated rings. The first-order valence-corrected chi connectivity index (χ1v) is 6.77.